The second-order valence-electron chi connectivity index (χ2n) is 9.96. The van der Waals surface area contributed by atoms with Crippen LogP contribution in [0.15, 0.2) is 77.1 Å². The molecule has 2 heterocycles. The summed E-state index contributed by atoms with van der Waals surface area (Å²) < 4.78 is 14.2. The van der Waals surface area contributed by atoms with Gasteiger partial charge in [-0.3, -0.25) is 4.79 Å². The summed E-state index contributed by atoms with van der Waals surface area (Å²) in [6.45, 7) is 6.13. The van der Waals surface area contributed by atoms with Crippen molar-refractivity contribution in [3.05, 3.63) is 100 Å². The molecule has 4 atom stereocenters. The fourth-order valence-electron chi connectivity index (χ4n) is 4.75. The summed E-state index contributed by atoms with van der Waals surface area (Å²) in [4.78, 5) is 11.4. The first-order valence-corrected chi connectivity index (χ1v) is 15.1. The van der Waals surface area contributed by atoms with Crippen molar-refractivity contribution in [2.45, 2.75) is 56.8 Å². The minimum Gasteiger partial charge on any atom is -0.392 e. The van der Waals surface area contributed by atoms with Crippen LogP contribution in [0.3, 0.4) is 0 Å². The van der Waals surface area contributed by atoms with E-state index in [1.807, 2.05) is 55.5 Å². The molecule has 7 nitrogen and oxygen atoms in total. The Labute approximate surface area is 243 Å². The molecule has 4 aromatic rings. The lowest BCUT2D eigenvalue weighted by atomic mass is 9.91. The average molecular weight is 576 g/mol. The number of carbonyl (C=O) groups excluding carboxylic acids is 1. The van der Waals surface area contributed by atoms with Crippen LogP contribution in [-0.2, 0) is 27.4 Å². The number of aromatic nitrogens is 2. The number of aliphatic hydroxyl groups excluding tert-OH is 1. The van der Waals surface area contributed by atoms with Crippen LogP contribution >= 0.6 is 23.1 Å². The van der Waals surface area contributed by atoms with Crippen LogP contribution in [-0.4, -0.2) is 33.1 Å². The van der Waals surface area contributed by atoms with Crippen molar-refractivity contribution in [1.82, 2.24) is 15.5 Å². The molecule has 1 aliphatic rings. The number of thioether (sulfide) groups is 1. The van der Waals surface area contributed by atoms with Gasteiger partial charge < -0.3 is 19.9 Å². The van der Waals surface area contributed by atoms with Gasteiger partial charge in [0.2, 0.25) is 5.91 Å². The van der Waals surface area contributed by atoms with E-state index in [1.165, 1.54) is 6.92 Å². The van der Waals surface area contributed by atoms with Crippen LogP contribution in [0.1, 0.15) is 53.5 Å². The summed E-state index contributed by atoms with van der Waals surface area (Å²) in [5, 5.41) is 21.7. The number of benzene rings is 3. The monoisotopic (exact) mass is 575 g/mol. The maximum atomic E-state index is 11.4. The Morgan fingerprint density at radius 3 is 2.42 bits per heavy atom. The summed E-state index contributed by atoms with van der Waals surface area (Å²) in [6.07, 6.45) is -0.819. The van der Waals surface area contributed by atoms with Crippen molar-refractivity contribution in [3.8, 4) is 11.1 Å². The van der Waals surface area contributed by atoms with Crippen LogP contribution in [0.4, 0.5) is 0 Å². The Bertz CT molecular complexity index is 1440. The fraction of sp³-hybridized carbons (Fsp3) is 0.323. The smallest absolute Gasteiger partial charge is 0.217 e. The lowest BCUT2D eigenvalue weighted by Crippen LogP contribution is -2.38. The third kappa shape index (κ3) is 6.97. The van der Waals surface area contributed by atoms with Crippen LogP contribution in [0, 0.1) is 12.8 Å². The Kier molecular flexibility index (Phi) is 9.29. The number of hydrogen-bond donors (Lipinski definition) is 2. The SMILES string of the molecule is CC(=O)NCc1cccc(-c2cccc(C3OC(CSc4nnc(C)s4)C(C)C(c4ccc(CO)cc4)O3)c2)c1. The molecule has 0 spiro atoms. The molecular formula is C31H33N3O4S2. The van der Waals surface area contributed by atoms with E-state index in [4.69, 9.17) is 9.47 Å². The van der Waals surface area contributed by atoms with Crippen LogP contribution < -0.4 is 5.32 Å². The van der Waals surface area contributed by atoms with E-state index in [0.717, 1.165) is 48.5 Å². The van der Waals surface area contributed by atoms with E-state index in [-0.39, 0.29) is 30.6 Å². The number of carbonyl (C=O) groups is 1. The van der Waals surface area contributed by atoms with Crippen LogP contribution in [0.25, 0.3) is 11.1 Å². The van der Waals surface area contributed by atoms with E-state index in [1.54, 1.807) is 23.1 Å². The molecular weight excluding hydrogens is 542 g/mol. The first-order valence-electron chi connectivity index (χ1n) is 13.3. The molecule has 2 N–H and O–H groups in total. The van der Waals surface area contributed by atoms with Crippen molar-refractivity contribution < 1.29 is 19.4 Å². The number of hydrogen-bond acceptors (Lipinski definition) is 8. The normalized spacial score (nSPS) is 20.8. The second kappa shape index (κ2) is 13.1. The van der Waals surface area contributed by atoms with Gasteiger partial charge in [0.15, 0.2) is 10.6 Å². The minimum absolute atomic E-state index is 0.00638. The second-order valence-corrected chi connectivity index (χ2v) is 12.4. The summed E-state index contributed by atoms with van der Waals surface area (Å²) >= 11 is 3.25. The van der Waals surface area contributed by atoms with Crippen molar-refractivity contribution >= 4 is 29.0 Å². The topological polar surface area (TPSA) is 93.6 Å². The highest BCUT2D eigenvalue weighted by Gasteiger charge is 2.38. The molecule has 5 rings (SSSR count). The molecule has 1 fully saturated rings. The number of amides is 1. The predicted molar refractivity (Wildman–Crippen MR) is 158 cm³/mol. The van der Waals surface area contributed by atoms with Crippen molar-refractivity contribution in [2.75, 3.05) is 5.75 Å². The van der Waals surface area contributed by atoms with Gasteiger partial charge in [0.1, 0.15) is 5.01 Å². The molecule has 0 saturated carbocycles. The molecule has 1 saturated heterocycles. The highest BCUT2D eigenvalue weighted by molar-refractivity contribution is 8.01. The summed E-state index contributed by atoms with van der Waals surface area (Å²) in [5.41, 5.74) is 6.01. The molecule has 4 unspecified atom stereocenters. The van der Waals surface area contributed by atoms with E-state index in [9.17, 15) is 9.90 Å². The maximum Gasteiger partial charge on any atom is 0.217 e. The largest absolute Gasteiger partial charge is 0.392 e. The lowest BCUT2D eigenvalue weighted by molar-refractivity contribution is -0.268. The zero-order valence-corrected chi connectivity index (χ0v) is 24.4. The predicted octanol–water partition coefficient (Wildman–Crippen LogP) is 6.23. The zero-order chi connectivity index (χ0) is 28.1. The van der Waals surface area contributed by atoms with Gasteiger partial charge in [-0.05, 0) is 46.9 Å². The minimum atomic E-state index is -0.553. The van der Waals surface area contributed by atoms with Crippen LogP contribution in [0.2, 0.25) is 0 Å². The van der Waals surface area contributed by atoms with Gasteiger partial charge in [-0.1, -0.05) is 90.7 Å². The molecule has 40 heavy (non-hydrogen) atoms. The number of ether oxygens (including phenoxy) is 2. The summed E-state index contributed by atoms with van der Waals surface area (Å²) in [7, 11) is 0. The van der Waals surface area contributed by atoms with Gasteiger partial charge in [0, 0.05) is 30.7 Å². The van der Waals surface area contributed by atoms with Crippen LogP contribution in [0.5, 0.6) is 0 Å². The molecule has 0 aliphatic carbocycles. The number of nitrogens with zero attached hydrogens (tertiary/aromatic N) is 2. The number of rotatable bonds is 9. The number of nitrogens with one attached hydrogen (secondary N) is 1. The van der Waals surface area contributed by atoms with E-state index < -0.39 is 6.29 Å². The highest BCUT2D eigenvalue weighted by Crippen LogP contribution is 2.43. The van der Waals surface area contributed by atoms with Crippen molar-refractivity contribution in [1.29, 1.82) is 0 Å². The lowest BCUT2D eigenvalue weighted by Gasteiger charge is -2.41. The van der Waals surface area contributed by atoms with E-state index in [2.05, 4.69) is 46.7 Å². The Hall–Kier alpha value is -3.08. The quantitative estimate of drug-likeness (QED) is 0.229. The number of aliphatic hydroxyl groups is 1. The maximum absolute atomic E-state index is 11.4. The van der Waals surface area contributed by atoms with E-state index >= 15 is 0 Å². The highest BCUT2D eigenvalue weighted by atomic mass is 32.2. The Morgan fingerprint density at radius 1 is 0.975 bits per heavy atom. The fourth-order valence-corrected chi connectivity index (χ4v) is 6.76. The standard InChI is InChI=1S/C31H33N3O4S2/c1-19-28(18-39-31-34-33-21(3)40-31)37-30(38-29(19)24-12-10-22(17-35)11-13-24)27-9-5-8-26(15-27)25-7-4-6-23(14-25)16-32-20(2)36/h4-15,19,28-30,35H,16-18H2,1-3H3,(H,32,36). The van der Waals surface area contributed by atoms with Crippen molar-refractivity contribution in [2.24, 2.45) is 5.92 Å². The van der Waals surface area contributed by atoms with Crippen molar-refractivity contribution in [3.63, 3.8) is 0 Å². The first-order chi connectivity index (χ1) is 19.4. The molecule has 3 aromatic carbocycles. The van der Waals surface area contributed by atoms with Gasteiger partial charge in [0.05, 0.1) is 18.8 Å². The van der Waals surface area contributed by atoms with Gasteiger partial charge in [0.25, 0.3) is 0 Å². The average Bonchev–Trinajstić information content (AvgIpc) is 3.40. The molecule has 208 valence electrons. The summed E-state index contributed by atoms with van der Waals surface area (Å²) in [5.74, 6) is 0.764. The molecule has 9 heteroatoms. The molecule has 1 aliphatic heterocycles. The number of aryl methyl sites for hydroxylation is 1. The molecule has 1 amide bonds. The summed E-state index contributed by atoms with van der Waals surface area (Å²) in [6, 6.07) is 24.4. The Balaban J connectivity index is 1.41. The van der Waals surface area contributed by atoms with Gasteiger partial charge >= 0.3 is 0 Å². The third-order valence-electron chi connectivity index (χ3n) is 6.96. The van der Waals surface area contributed by atoms with Gasteiger partial charge in [-0.15, -0.1) is 10.2 Å². The zero-order valence-electron chi connectivity index (χ0n) is 22.7. The first kappa shape index (κ1) is 28.4. The molecule has 1 aromatic heterocycles. The third-order valence-corrected chi connectivity index (χ3v) is 9.02. The van der Waals surface area contributed by atoms with E-state index in [0.29, 0.717) is 6.54 Å². The van der Waals surface area contributed by atoms with Gasteiger partial charge in [-0.2, -0.15) is 0 Å². The van der Waals surface area contributed by atoms with Gasteiger partial charge in [-0.25, -0.2) is 0 Å². The Morgan fingerprint density at radius 2 is 1.73 bits per heavy atom. The molecule has 0 bridgehead atoms. The molecule has 0 radical (unpaired) electrons.